The van der Waals surface area contributed by atoms with Gasteiger partial charge in [0.1, 0.15) is 5.75 Å². The van der Waals surface area contributed by atoms with E-state index < -0.39 is 0 Å². The number of nitrogens with zero attached hydrogens (tertiary/aromatic N) is 2. The van der Waals surface area contributed by atoms with E-state index in [0.29, 0.717) is 23.3 Å². The van der Waals surface area contributed by atoms with Gasteiger partial charge in [-0.25, -0.2) is 4.98 Å². The van der Waals surface area contributed by atoms with E-state index in [1.807, 2.05) is 32.0 Å². The number of hydrogen-bond acceptors (Lipinski definition) is 6. The number of ether oxygens (including phenoxy) is 1. The second kappa shape index (κ2) is 6.96. The predicted molar refractivity (Wildman–Crippen MR) is 92.5 cm³/mol. The average molecular weight is 346 g/mol. The lowest BCUT2D eigenvalue weighted by molar-refractivity contribution is -0.115. The molecule has 8 heteroatoms. The number of imidazole rings is 1. The number of fused-ring (bicyclic) bond motifs is 1. The SMILES string of the molecule is CCOc1ccc2nc(S[C@H](C)C(=O)Nc3cc(C)no3)[nH]c2c1. The van der Waals surface area contributed by atoms with Crippen LogP contribution in [0.4, 0.5) is 5.88 Å². The molecule has 24 heavy (non-hydrogen) atoms. The van der Waals surface area contributed by atoms with Crippen molar-refractivity contribution in [3.8, 4) is 5.75 Å². The third kappa shape index (κ3) is 3.70. The molecule has 0 aliphatic heterocycles. The molecule has 1 atom stereocenters. The quantitative estimate of drug-likeness (QED) is 0.665. The molecule has 1 amide bonds. The van der Waals surface area contributed by atoms with Crippen molar-refractivity contribution in [2.24, 2.45) is 0 Å². The van der Waals surface area contributed by atoms with Crippen LogP contribution in [0.5, 0.6) is 5.75 Å². The molecule has 2 heterocycles. The number of carbonyl (C=O) groups excluding carboxylic acids is 1. The molecule has 0 aliphatic carbocycles. The van der Waals surface area contributed by atoms with Gasteiger partial charge in [0.05, 0.1) is 28.6 Å². The lowest BCUT2D eigenvalue weighted by Gasteiger charge is -2.07. The van der Waals surface area contributed by atoms with E-state index in [0.717, 1.165) is 16.8 Å². The summed E-state index contributed by atoms with van der Waals surface area (Å²) in [5.41, 5.74) is 2.43. The second-order valence-electron chi connectivity index (χ2n) is 5.24. The molecule has 0 saturated carbocycles. The summed E-state index contributed by atoms with van der Waals surface area (Å²) in [7, 11) is 0. The lowest BCUT2D eigenvalue weighted by Crippen LogP contribution is -2.22. The number of benzene rings is 1. The highest BCUT2D eigenvalue weighted by Gasteiger charge is 2.18. The van der Waals surface area contributed by atoms with Crippen LogP contribution in [0, 0.1) is 6.92 Å². The van der Waals surface area contributed by atoms with Gasteiger partial charge in [-0.1, -0.05) is 16.9 Å². The van der Waals surface area contributed by atoms with Crippen molar-refractivity contribution >= 4 is 34.6 Å². The Hall–Kier alpha value is -2.48. The van der Waals surface area contributed by atoms with Gasteiger partial charge in [-0.15, -0.1) is 0 Å². The smallest absolute Gasteiger partial charge is 0.240 e. The Bertz CT molecular complexity index is 858. The van der Waals surface area contributed by atoms with Crippen molar-refractivity contribution in [1.82, 2.24) is 15.1 Å². The van der Waals surface area contributed by atoms with Crippen molar-refractivity contribution in [3.63, 3.8) is 0 Å². The van der Waals surface area contributed by atoms with Gasteiger partial charge in [0, 0.05) is 12.1 Å². The molecule has 2 N–H and O–H groups in total. The fourth-order valence-corrected chi connectivity index (χ4v) is 2.96. The molecule has 126 valence electrons. The molecule has 0 unspecified atom stereocenters. The first-order chi connectivity index (χ1) is 11.5. The topological polar surface area (TPSA) is 93.0 Å². The van der Waals surface area contributed by atoms with Crippen LogP contribution in [0.15, 0.2) is 33.9 Å². The molecule has 3 aromatic rings. The van der Waals surface area contributed by atoms with Crippen LogP contribution < -0.4 is 10.1 Å². The van der Waals surface area contributed by atoms with Crippen molar-refractivity contribution in [3.05, 3.63) is 30.0 Å². The first kappa shape index (κ1) is 16.4. The first-order valence-electron chi connectivity index (χ1n) is 7.58. The Morgan fingerprint density at radius 3 is 3.00 bits per heavy atom. The number of carbonyl (C=O) groups is 1. The average Bonchev–Trinajstić information content (AvgIpc) is 3.12. The van der Waals surface area contributed by atoms with Crippen molar-refractivity contribution < 1.29 is 14.1 Å². The molecule has 0 fully saturated rings. The Morgan fingerprint density at radius 2 is 2.29 bits per heavy atom. The maximum atomic E-state index is 12.2. The van der Waals surface area contributed by atoms with E-state index in [1.165, 1.54) is 11.8 Å². The monoisotopic (exact) mass is 346 g/mol. The van der Waals surface area contributed by atoms with Crippen molar-refractivity contribution in [1.29, 1.82) is 0 Å². The van der Waals surface area contributed by atoms with Crippen molar-refractivity contribution in [2.45, 2.75) is 31.2 Å². The van der Waals surface area contributed by atoms with E-state index in [1.54, 1.807) is 13.0 Å². The minimum absolute atomic E-state index is 0.174. The molecule has 2 aromatic heterocycles. The second-order valence-corrected chi connectivity index (χ2v) is 6.57. The first-order valence-corrected chi connectivity index (χ1v) is 8.46. The van der Waals surface area contributed by atoms with Gasteiger partial charge in [-0.05, 0) is 32.9 Å². The number of amides is 1. The Kier molecular flexibility index (Phi) is 4.75. The summed E-state index contributed by atoms with van der Waals surface area (Å²) < 4.78 is 10.5. The summed E-state index contributed by atoms with van der Waals surface area (Å²) in [4.78, 5) is 19.9. The molecule has 0 spiro atoms. The number of anilines is 1. The number of H-pyrrole nitrogens is 1. The van der Waals surface area contributed by atoms with E-state index in [4.69, 9.17) is 9.26 Å². The van der Waals surface area contributed by atoms with Gasteiger partial charge in [-0.2, -0.15) is 0 Å². The Morgan fingerprint density at radius 1 is 1.46 bits per heavy atom. The Labute approximate surface area is 143 Å². The van der Waals surface area contributed by atoms with E-state index in [9.17, 15) is 4.79 Å². The number of nitrogens with one attached hydrogen (secondary N) is 2. The number of aryl methyl sites for hydroxylation is 1. The van der Waals surface area contributed by atoms with Crippen LogP contribution in [-0.4, -0.2) is 32.9 Å². The van der Waals surface area contributed by atoms with Crippen LogP contribution >= 0.6 is 11.8 Å². The van der Waals surface area contributed by atoms with E-state index in [-0.39, 0.29) is 11.2 Å². The molecule has 7 nitrogen and oxygen atoms in total. The van der Waals surface area contributed by atoms with Crippen LogP contribution in [0.25, 0.3) is 11.0 Å². The molecule has 3 rings (SSSR count). The number of aromatic nitrogens is 3. The third-order valence-electron chi connectivity index (χ3n) is 3.27. The number of rotatable bonds is 6. The van der Waals surface area contributed by atoms with Gasteiger partial charge < -0.3 is 14.2 Å². The highest BCUT2D eigenvalue weighted by Crippen LogP contribution is 2.26. The van der Waals surface area contributed by atoms with Crippen LogP contribution in [0.1, 0.15) is 19.5 Å². The zero-order chi connectivity index (χ0) is 17.1. The normalized spacial score (nSPS) is 12.3. The van der Waals surface area contributed by atoms with E-state index >= 15 is 0 Å². The fourth-order valence-electron chi connectivity index (χ4n) is 2.14. The zero-order valence-corrected chi connectivity index (χ0v) is 14.4. The molecular weight excluding hydrogens is 328 g/mol. The number of thioether (sulfide) groups is 1. The van der Waals surface area contributed by atoms with Crippen LogP contribution in [0.3, 0.4) is 0 Å². The van der Waals surface area contributed by atoms with E-state index in [2.05, 4.69) is 20.4 Å². The minimum Gasteiger partial charge on any atom is -0.494 e. The van der Waals surface area contributed by atoms with Crippen LogP contribution in [-0.2, 0) is 4.79 Å². The van der Waals surface area contributed by atoms with Gasteiger partial charge >= 0.3 is 0 Å². The fraction of sp³-hybridized carbons (Fsp3) is 0.312. The molecule has 0 radical (unpaired) electrons. The third-order valence-corrected chi connectivity index (χ3v) is 4.26. The summed E-state index contributed by atoms with van der Waals surface area (Å²) in [6.07, 6.45) is 0. The highest BCUT2D eigenvalue weighted by atomic mass is 32.2. The largest absolute Gasteiger partial charge is 0.494 e. The van der Waals surface area contributed by atoms with Gasteiger partial charge in [0.25, 0.3) is 0 Å². The number of hydrogen-bond donors (Lipinski definition) is 2. The highest BCUT2D eigenvalue weighted by molar-refractivity contribution is 8.00. The standard InChI is InChI=1S/C16H18N4O3S/c1-4-22-11-5-6-12-13(8-11)18-16(17-12)24-10(3)15(21)19-14-7-9(2)20-23-14/h5-8,10H,4H2,1-3H3,(H,17,18)(H,19,21)/t10-/m1/s1. The summed E-state index contributed by atoms with van der Waals surface area (Å²) >= 11 is 1.34. The van der Waals surface area contributed by atoms with Crippen molar-refractivity contribution in [2.75, 3.05) is 11.9 Å². The van der Waals surface area contributed by atoms with Gasteiger partial charge in [0.2, 0.25) is 11.8 Å². The molecule has 1 aromatic carbocycles. The predicted octanol–water partition coefficient (Wildman–Crippen LogP) is 3.38. The summed E-state index contributed by atoms with van der Waals surface area (Å²) in [6.45, 7) is 6.15. The van der Waals surface area contributed by atoms with Gasteiger partial charge in [-0.3, -0.25) is 10.1 Å². The zero-order valence-electron chi connectivity index (χ0n) is 13.6. The maximum Gasteiger partial charge on any atom is 0.240 e. The Balaban J connectivity index is 1.68. The molecule has 0 saturated heterocycles. The summed E-state index contributed by atoms with van der Waals surface area (Å²) in [5.74, 6) is 0.958. The van der Waals surface area contributed by atoms with Crippen LogP contribution in [0.2, 0.25) is 0 Å². The molecule has 0 aliphatic rings. The van der Waals surface area contributed by atoms with Gasteiger partial charge in [0.15, 0.2) is 5.16 Å². The molecule has 0 bridgehead atoms. The number of aromatic amines is 1. The lowest BCUT2D eigenvalue weighted by atomic mass is 10.3. The minimum atomic E-state index is -0.345. The maximum absolute atomic E-state index is 12.2. The molecular formula is C16H18N4O3S. The summed E-state index contributed by atoms with van der Waals surface area (Å²) in [6, 6.07) is 7.34. The summed E-state index contributed by atoms with van der Waals surface area (Å²) in [5, 5.41) is 6.76.